The van der Waals surface area contributed by atoms with Crippen molar-refractivity contribution in [2.45, 2.75) is 59.6 Å². The van der Waals surface area contributed by atoms with Crippen LogP contribution in [0.4, 0.5) is 0 Å². The topological polar surface area (TPSA) is 38.1 Å². The number of aromatic nitrogens is 2. The number of rotatable bonds is 6. The maximum absolute atomic E-state index is 9.99. The van der Waals surface area contributed by atoms with E-state index in [0.717, 1.165) is 37.2 Å². The minimum Gasteiger partial charge on any atom is -0.393 e. The molecule has 1 rings (SSSR count). The van der Waals surface area contributed by atoms with Crippen LogP contribution in [-0.4, -0.2) is 21.0 Å². The first kappa shape index (κ1) is 13.2. The smallest absolute Gasteiger partial charge is 0.0598 e. The average Bonchev–Trinajstić information content (AvgIpc) is 2.58. The third-order valence-corrected chi connectivity index (χ3v) is 3.10. The highest BCUT2D eigenvalue weighted by Crippen LogP contribution is 2.14. The van der Waals surface area contributed by atoms with Crippen LogP contribution < -0.4 is 0 Å². The molecular weight excluding hydrogens is 200 g/mol. The Hall–Kier alpha value is -0.830. The summed E-state index contributed by atoms with van der Waals surface area (Å²) >= 11 is 0. The van der Waals surface area contributed by atoms with E-state index in [-0.39, 0.29) is 6.10 Å². The molecule has 2 unspecified atom stereocenters. The zero-order valence-corrected chi connectivity index (χ0v) is 10.9. The molecule has 2 atom stereocenters. The largest absolute Gasteiger partial charge is 0.393 e. The molecule has 3 heteroatoms. The number of nitrogens with zero attached hydrogens (tertiary/aromatic N) is 2. The van der Waals surface area contributed by atoms with Gasteiger partial charge in [-0.05, 0) is 32.3 Å². The summed E-state index contributed by atoms with van der Waals surface area (Å²) in [5, 5.41) is 14.4. The first-order chi connectivity index (χ1) is 7.56. The first-order valence-corrected chi connectivity index (χ1v) is 6.28. The van der Waals surface area contributed by atoms with Gasteiger partial charge in [0.05, 0.1) is 11.8 Å². The molecule has 92 valence electrons. The van der Waals surface area contributed by atoms with Crippen LogP contribution in [-0.2, 0) is 13.0 Å². The summed E-state index contributed by atoms with van der Waals surface area (Å²) in [5.41, 5.74) is 2.18. The highest BCUT2D eigenvalue weighted by molar-refractivity contribution is 5.09. The summed E-state index contributed by atoms with van der Waals surface area (Å²) in [6, 6.07) is 2.07. The van der Waals surface area contributed by atoms with Crippen LogP contribution in [0.2, 0.25) is 0 Å². The summed E-state index contributed by atoms with van der Waals surface area (Å²) in [6.07, 6.45) is 2.49. The third-order valence-electron chi connectivity index (χ3n) is 3.10. The van der Waals surface area contributed by atoms with E-state index in [1.54, 1.807) is 0 Å². The molecule has 16 heavy (non-hydrogen) atoms. The maximum atomic E-state index is 9.99. The molecule has 0 saturated carbocycles. The van der Waals surface area contributed by atoms with E-state index in [1.807, 2.05) is 11.6 Å². The zero-order chi connectivity index (χ0) is 12.1. The summed E-state index contributed by atoms with van der Waals surface area (Å²) in [6.45, 7) is 9.30. The Morgan fingerprint density at radius 3 is 2.69 bits per heavy atom. The number of aliphatic hydroxyl groups excluding tert-OH is 1. The van der Waals surface area contributed by atoms with Crippen molar-refractivity contribution in [3.63, 3.8) is 0 Å². The minimum absolute atomic E-state index is 0.239. The van der Waals surface area contributed by atoms with Gasteiger partial charge in [0.15, 0.2) is 0 Å². The molecule has 1 N–H and O–H groups in total. The molecule has 0 aliphatic carbocycles. The number of aliphatic hydroxyl groups is 1. The van der Waals surface area contributed by atoms with E-state index >= 15 is 0 Å². The average molecular weight is 224 g/mol. The molecule has 1 aromatic heterocycles. The first-order valence-electron chi connectivity index (χ1n) is 6.28. The maximum Gasteiger partial charge on any atom is 0.0598 e. The summed E-state index contributed by atoms with van der Waals surface area (Å²) in [7, 11) is 0. The lowest BCUT2D eigenvalue weighted by Crippen LogP contribution is -2.17. The molecule has 0 amide bonds. The number of hydrogen-bond donors (Lipinski definition) is 1. The molecule has 1 heterocycles. The quantitative estimate of drug-likeness (QED) is 0.806. The van der Waals surface area contributed by atoms with E-state index in [4.69, 9.17) is 0 Å². The van der Waals surface area contributed by atoms with Gasteiger partial charge in [-0.1, -0.05) is 20.3 Å². The molecule has 1 aromatic rings. The second-order valence-corrected chi connectivity index (χ2v) is 4.70. The Kier molecular flexibility index (Phi) is 5.00. The molecule has 0 aliphatic rings. The van der Waals surface area contributed by atoms with Gasteiger partial charge in [0.2, 0.25) is 0 Å². The molecule has 0 bridgehead atoms. The fourth-order valence-electron chi connectivity index (χ4n) is 1.99. The van der Waals surface area contributed by atoms with Crippen LogP contribution in [0.5, 0.6) is 0 Å². The molecule has 0 aliphatic heterocycles. The lowest BCUT2D eigenvalue weighted by atomic mass is 9.98. The van der Waals surface area contributed by atoms with Gasteiger partial charge in [-0.3, -0.25) is 4.68 Å². The summed E-state index contributed by atoms with van der Waals surface area (Å²) < 4.78 is 1.98. The predicted molar refractivity (Wildman–Crippen MR) is 66.4 cm³/mol. The zero-order valence-electron chi connectivity index (χ0n) is 10.9. The predicted octanol–water partition coefficient (Wildman–Crippen LogP) is 2.55. The molecule has 0 fully saturated rings. The van der Waals surface area contributed by atoms with Crippen LogP contribution in [0, 0.1) is 12.8 Å². The van der Waals surface area contributed by atoms with Crippen LogP contribution >= 0.6 is 0 Å². The van der Waals surface area contributed by atoms with Crippen molar-refractivity contribution in [2.75, 3.05) is 0 Å². The standard InChI is InChI=1S/C13H24N2O/c1-5-10(3)7-13(16)9-12-8-11(4)14-15(12)6-2/h8,10,13,16H,5-7,9H2,1-4H3. The number of aryl methyl sites for hydroxylation is 2. The Labute approximate surface area is 98.5 Å². The summed E-state index contributed by atoms with van der Waals surface area (Å²) in [5.74, 6) is 0.592. The van der Waals surface area contributed by atoms with Gasteiger partial charge >= 0.3 is 0 Å². The Balaban J connectivity index is 2.58. The fourth-order valence-corrected chi connectivity index (χ4v) is 1.99. The van der Waals surface area contributed by atoms with Crippen molar-refractivity contribution < 1.29 is 5.11 Å². The van der Waals surface area contributed by atoms with Crippen LogP contribution in [0.1, 0.15) is 45.0 Å². The van der Waals surface area contributed by atoms with Crippen molar-refractivity contribution >= 4 is 0 Å². The van der Waals surface area contributed by atoms with E-state index in [9.17, 15) is 5.11 Å². The van der Waals surface area contributed by atoms with Crippen molar-refractivity contribution in [2.24, 2.45) is 5.92 Å². The van der Waals surface area contributed by atoms with Crippen LogP contribution in [0.3, 0.4) is 0 Å². The highest BCUT2D eigenvalue weighted by Gasteiger charge is 2.13. The molecular formula is C13H24N2O. The lowest BCUT2D eigenvalue weighted by Gasteiger charge is -2.15. The van der Waals surface area contributed by atoms with Gasteiger partial charge in [0.1, 0.15) is 0 Å². The van der Waals surface area contributed by atoms with E-state index in [0.29, 0.717) is 5.92 Å². The number of hydrogen-bond acceptors (Lipinski definition) is 2. The van der Waals surface area contributed by atoms with Gasteiger partial charge in [-0.2, -0.15) is 5.10 Å². The highest BCUT2D eigenvalue weighted by atomic mass is 16.3. The van der Waals surface area contributed by atoms with Crippen molar-refractivity contribution in [3.8, 4) is 0 Å². The molecule has 0 aromatic carbocycles. The van der Waals surface area contributed by atoms with E-state index < -0.39 is 0 Å². The van der Waals surface area contributed by atoms with Crippen LogP contribution in [0.25, 0.3) is 0 Å². The SMILES string of the molecule is CCC(C)CC(O)Cc1cc(C)nn1CC. The Morgan fingerprint density at radius 2 is 2.12 bits per heavy atom. The Morgan fingerprint density at radius 1 is 1.44 bits per heavy atom. The molecule has 0 saturated heterocycles. The van der Waals surface area contributed by atoms with E-state index in [2.05, 4.69) is 31.9 Å². The molecule has 0 radical (unpaired) electrons. The second kappa shape index (κ2) is 6.04. The van der Waals surface area contributed by atoms with E-state index in [1.165, 1.54) is 0 Å². The van der Waals surface area contributed by atoms with Gasteiger partial charge < -0.3 is 5.11 Å². The van der Waals surface area contributed by atoms with Crippen molar-refractivity contribution in [1.82, 2.24) is 9.78 Å². The van der Waals surface area contributed by atoms with Gasteiger partial charge in [0.25, 0.3) is 0 Å². The third kappa shape index (κ3) is 3.63. The molecule has 3 nitrogen and oxygen atoms in total. The van der Waals surface area contributed by atoms with Crippen molar-refractivity contribution in [3.05, 3.63) is 17.5 Å². The normalized spacial score (nSPS) is 15.1. The monoisotopic (exact) mass is 224 g/mol. The summed E-state index contributed by atoms with van der Waals surface area (Å²) in [4.78, 5) is 0. The van der Waals surface area contributed by atoms with Gasteiger partial charge in [-0.15, -0.1) is 0 Å². The van der Waals surface area contributed by atoms with Gasteiger partial charge in [-0.25, -0.2) is 0 Å². The second-order valence-electron chi connectivity index (χ2n) is 4.70. The van der Waals surface area contributed by atoms with Crippen molar-refractivity contribution in [1.29, 1.82) is 0 Å². The van der Waals surface area contributed by atoms with Gasteiger partial charge in [0, 0.05) is 18.7 Å². The minimum atomic E-state index is -0.239. The fraction of sp³-hybridized carbons (Fsp3) is 0.769. The lowest BCUT2D eigenvalue weighted by molar-refractivity contribution is 0.142. The van der Waals surface area contributed by atoms with Crippen LogP contribution in [0.15, 0.2) is 6.07 Å². The Bertz CT molecular complexity index is 320. The molecule has 0 spiro atoms.